The van der Waals surface area contributed by atoms with E-state index in [9.17, 15) is 13.6 Å². The van der Waals surface area contributed by atoms with Crippen molar-refractivity contribution < 1.29 is 18.3 Å². The summed E-state index contributed by atoms with van der Waals surface area (Å²) in [5, 5.41) is 0.662. The SMILES string of the molecule is C[C@H](OC(=O)c1cc(-c2ccc(F)cc2)nc2ccccc12)c1ccc(F)cc1. The van der Waals surface area contributed by atoms with E-state index in [2.05, 4.69) is 4.98 Å². The van der Waals surface area contributed by atoms with Gasteiger partial charge in [0.15, 0.2) is 0 Å². The number of nitrogens with zero attached hydrogens (tertiary/aromatic N) is 1. The van der Waals surface area contributed by atoms with E-state index in [4.69, 9.17) is 4.74 Å². The molecule has 0 amide bonds. The third-order valence-corrected chi connectivity index (χ3v) is 4.70. The first-order valence-electron chi connectivity index (χ1n) is 9.13. The van der Waals surface area contributed by atoms with Gasteiger partial charge in [-0.15, -0.1) is 0 Å². The Hall–Kier alpha value is -3.60. The van der Waals surface area contributed by atoms with Crippen molar-refractivity contribution in [2.24, 2.45) is 0 Å². The fourth-order valence-electron chi connectivity index (χ4n) is 3.14. The van der Waals surface area contributed by atoms with Crippen LogP contribution in [0.5, 0.6) is 0 Å². The van der Waals surface area contributed by atoms with Gasteiger partial charge in [0.05, 0.1) is 16.8 Å². The van der Waals surface area contributed by atoms with Crippen LogP contribution in [0.1, 0.15) is 28.9 Å². The Morgan fingerprint density at radius 2 is 1.52 bits per heavy atom. The maximum atomic E-state index is 13.3. The monoisotopic (exact) mass is 389 g/mol. The molecule has 0 saturated heterocycles. The van der Waals surface area contributed by atoms with Gasteiger partial charge < -0.3 is 4.74 Å². The van der Waals surface area contributed by atoms with Crippen LogP contribution < -0.4 is 0 Å². The standard InChI is InChI=1S/C24H17F2NO2/c1-15(16-6-10-18(25)11-7-16)29-24(28)21-14-23(17-8-12-19(26)13-9-17)27-22-5-3-2-4-20(21)22/h2-15H,1H3/t15-/m0/s1. The highest BCUT2D eigenvalue weighted by Gasteiger charge is 2.18. The topological polar surface area (TPSA) is 39.2 Å². The van der Waals surface area contributed by atoms with Crippen molar-refractivity contribution in [2.45, 2.75) is 13.0 Å². The number of carbonyl (C=O) groups excluding carboxylic acids is 1. The van der Waals surface area contributed by atoms with E-state index in [1.807, 2.05) is 18.2 Å². The second-order valence-electron chi connectivity index (χ2n) is 6.68. The van der Waals surface area contributed by atoms with Gasteiger partial charge >= 0.3 is 5.97 Å². The Morgan fingerprint density at radius 1 is 0.897 bits per heavy atom. The Bertz CT molecular complexity index is 1170. The summed E-state index contributed by atoms with van der Waals surface area (Å²) in [5.41, 5.74) is 2.93. The van der Waals surface area contributed by atoms with Gasteiger partial charge in [-0.25, -0.2) is 18.6 Å². The molecule has 0 aliphatic rings. The normalized spacial score (nSPS) is 12.0. The van der Waals surface area contributed by atoms with Crippen LogP contribution in [-0.2, 0) is 4.74 Å². The number of rotatable bonds is 4. The zero-order chi connectivity index (χ0) is 20.4. The number of benzene rings is 3. The summed E-state index contributed by atoms with van der Waals surface area (Å²) in [4.78, 5) is 17.6. The molecular formula is C24H17F2NO2. The van der Waals surface area contributed by atoms with Crippen molar-refractivity contribution in [1.82, 2.24) is 4.98 Å². The minimum Gasteiger partial charge on any atom is -0.454 e. The molecule has 29 heavy (non-hydrogen) atoms. The number of halogens is 2. The van der Waals surface area contributed by atoms with Crippen molar-refractivity contribution in [2.75, 3.05) is 0 Å². The number of para-hydroxylation sites is 1. The number of pyridine rings is 1. The van der Waals surface area contributed by atoms with Gasteiger partial charge in [-0.1, -0.05) is 30.3 Å². The smallest absolute Gasteiger partial charge is 0.339 e. The molecule has 3 nitrogen and oxygen atoms in total. The molecule has 1 aromatic heterocycles. The summed E-state index contributed by atoms with van der Waals surface area (Å²) in [5.74, 6) is -1.21. The lowest BCUT2D eigenvalue weighted by atomic mass is 10.0. The predicted molar refractivity (Wildman–Crippen MR) is 107 cm³/mol. The molecule has 1 heterocycles. The largest absolute Gasteiger partial charge is 0.454 e. The quantitative estimate of drug-likeness (QED) is 0.396. The van der Waals surface area contributed by atoms with Crippen LogP contribution in [0, 0.1) is 11.6 Å². The highest BCUT2D eigenvalue weighted by Crippen LogP contribution is 2.27. The average Bonchev–Trinajstić information content (AvgIpc) is 2.74. The average molecular weight is 389 g/mol. The first kappa shape index (κ1) is 18.7. The van der Waals surface area contributed by atoms with E-state index in [1.165, 1.54) is 24.3 Å². The molecule has 0 fully saturated rings. The summed E-state index contributed by atoms with van der Waals surface area (Å²) in [6.45, 7) is 1.73. The molecule has 0 radical (unpaired) electrons. The van der Waals surface area contributed by atoms with E-state index >= 15 is 0 Å². The second-order valence-corrected chi connectivity index (χ2v) is 6.68. The lowest BCUT2D eigenvalue weighted by Gasteiger charge is -2.15. The van der Waals surface area contributed by atoms with Crippen LogP contribution in [0.25, 0.3) is 22.2 Å². The second kappa shape index (κ2) is 7.80. The number of fused-ring (bicyclic) bond motifs is 1. The van der Waals surface area contributed by atoms with Crippen molar-refractivity contribution >= 4 is 16.9 Å². The molecule has 0 aliphatic carbocycles. The Balaban J connectivity index is 1.72. The van der Waals surface area contributed by atoms with Gasteiger partial charge in [0, 0.05) is 10.9 Å². The molecule has 1 atom stereocenters. The number of ether oxygens (including phenoxy) is 1. The Kier molecular flexibility index (Phi) is 5.04. The van der Waals surface area contributed by atoms with Gasteiger partial charge in [0.2, 0.25) is 0 Å². The first-order valence-corrected chi connectivity index (χ1v) is 9.13. The fraction of sp³-hybridized carbons (Fsp3) is 0.0833. The molecule has 3 aromatic carbocycles. The summed E-state index contributed by atoms with van der Waals surface area (Å²) in [6, 6.07) is 20.7. The summed E-state index contributed by atoms with van der Waals surface area (Å²) in [6.07, 6.45) is -0.552. The van der Waals surface area contributed by atoms with E-state index in [1.54, 1.807) is 43.3 Å². The minimum absolute atomic E-state index is 0.345. The van der Waals surface area contributed by atoms with Crippen LogP contribution in [-0.4, -0.2) is 11.0 Å². The van der Waals surface area contributed by atoms with Gasteiger partial charge in [-0.05, 0) is 61.0 Å². The molecule has 4 aromatic rings. The molecule has 5 heteroatoms. The third-order valence-electron chi connectivity index (χ3n) is 4.70. The van der Waals surface area contributed by atoms with Crippen LogP contribution in [0.2, 0.25) is 0 Å². The lowest BCUT2D eigenvalue weighted by molar-refractivity contribution is 0.0340. The molecule has 4 rings (SSSR count). The van der Waals surface area contributed by atoms with Gasteiger partial charge in [0.1, 0.15) is 17.7 Å². The number of hydrogen-bond acceptors (Lipinski definition) is 3. The molecule has 0 bridgehead atoms. The van der Waals surface area contributed by atoms with Crippen molar-refractivity contribution in [3.8, 4) is 11.3 Å². The van der Waals surface area contributed by atoms with Gasteiger partial charge in [-0.3, -0.25) is 0 Å². The maximum Gasteiger partial charge on any atom is 0.339 e. The van der Waals surface area contributed by atoms with Crippen LogP contribution >= 0.6 is 0 Å². The number of aromatic nitrogens is 1. The molecular weight excluding hydrogens is 372 g/mol. The molecule has 144 valence electrons. The molecule has 0 unspecified atom stereocenters. The molecule has 0 spiro atoms. The van der Waals surface area contributed by atoms with E-state index in [0.717, 1.165) is 0 Å². The Labute approximate surface area is 166 Å². The zero-order valence-corrected chi connectivity index (χ0v) is 15.6. The number of carbonyl (C=O) groups is 1. The fourth-order valence-corrected chi connectivity index (χ4v) is 3.14. The number of esters is 1. The lowest BCUT2D eigenvalue weighted by Crippen LogP contribution is -2.10. The van der Waals surface area contributed by atoms with Crippen LogP contribution in [0.3, 0.4) is 0 Å². The van der Waals surface area contributed by atoms with Crippen molar-refractivity contribution in [3.63, 3.8) is 0 Å². The van der Waals surface area contributed by atoms with Crippen molar-refractivity contribution in [1.29, 1.82) is 0 Å². The summed E-state index contributed by atoms with van der Waals surface area (Å²) in [7, 11) is 0. The molecule has 0 aliphatic heterocycles. The molecule has 0 N–H and O–H groups in total. The van der Waals surface area contributed by atoms with Gasteiger partial charge in [0.25, 0.3) is 0 Å². The van der Waals surface area contributed by atoms with E-state index in [-0.39, 0.29) is 11.6 Å². The summed E-state index contributed by atoms with van der Waals surface area (Å²) < 4.78 is 32.1. The predicted octanol–water partition coefficient (Wildman–Crippen LogP) is 6.10. The van der Waals surface area contributed by atoms with Crippen molar-refractivity contribution in [3.05, 3.63) is 102 Å². The number of hydrogen-bond donors (Lipinski definition) is 0. The third kappa shape index (κ3) is 3.99. The van der Waals surface area contributed by atoms with Gasteiger partial charge in [-0.2, -0.15) is 0 Å². The summed E-state index contributed by atoms with van der Waals surface area (Å²) >= 11 is 0. The Morgan fingerprint density at radius 3 is 2.21 bits per heavy atom. The highest BCUT2D eigenvalue weighted by atomic mass is 19.1. The molecule has 0 saturated carbocycles. The zero-order valence-electron chi connectivity index (χ0n) is 15.6. The van der Waals surface area contributed by atoms with E-state index < -0.39 is 12.1 Å². The maximum absolute atomic E-state index is 13.3. The van der Waals surface area contributed by atoms with E-state index in [0.29, 0.717) is 33.3 Å². The minimum atomic E-state index is -0.552. The first-order chi connectivity index (χ1) is 14.0. The van der Waals surface area contributed by atoms with Crippen LogP contribution in [0.15, 0.2) is 78.9 Å². The van der Waals surface area contributed by atoms with Crippen LogP contribution in [0.4, 0.5) is 8.78 Å². The highest BCUT2D eigenvalue weighted by molar-refractivity contribution is 6.04.